The molecule has 0 atom stereocenters. The van der Waals surface area contributed by atoms with Crippen LogP contribution in [0.25, 0.3) is 10.2 Å². The summed E-state index contributed by atoms with van der Waals surface area (Å²) in [5.41, 5.74) is 2.76. The molecule has 0 aliphatic carbocycles. The molecule has 2 aromatic carbocycles. The van der Waals surface area contributed by atoms with E-state index in [-0.39, 0.29) is 36.4 Å². The van der Waals surface area contributed by atoms with E-state index in [1.54, 1.807) is 11.1 Å². The van der Waals surface area contributed by atoms with Crippen LogP contribution in [0.2, 0.25) is 0 Å². The molecule has 5 rings (SSSR count). The predicted molar refractivity (Wildman–Crippen MR) is 142 cm³/mol. The van der Waals surface area contributed by atoms with E-state index in [0.29, 0.717) is 18.0 Å². The number of anilines is 1. The van der Waals surface area contributed by atoms with Gasteiger partial charge in [-0.25, -0.2) is 17.8 Å². The molecule has 3 heterocycles. The topological polar surface area (TPSA) is 83.5 Å². The van der Waals surface area contributed by atoms with Crippen LogP contribution >= 0.6 is 11.3 Å². The van der Waals surface area contributed by atoms with Crippen LogP contribution < -0.4 is 4.90 Å². The number of piperidine rings is 1. The molecular formula is C27H27FN4O3S2. The zero-order chi connectivity index (χ0) is 26.0. The first-order chi connectivity index (χ1) is 17.9. The van der Waals surface area contributed by atoms with E-state index in [1.807, 2.05) is 36.4 Å². The molecule has 0 spiro atoms. The second-order valence-corrected chi connectivity index (χ2v) is 11.9. The molecular weight excluding hydrogens is 511 g/mol. The van der Waals surface area contributed by atoms with Crippen molar-refractivity contribution < 1.29 is 17.6 Å². The molecule has 0 N–H and O–H groups in total. The molecule has 4 aromatic rings. The molecule has 1 amide bonds. The van der Waals surface area contributed by atoms with Gasteiger partial charge in [0.15, 0.2) is 5.13 Å². The molecule has 1 fully saturated rings. The summed E-state index contributed by atoms with van der Waals surface area (Å²) < 4.78 is 42.5. The monoisotopic (exact) mass is 538 g/mol. The van der Waals surface area contributed by atoms with Crippen molar-refractivity contribution in [1.29, 1.82) is 0 Å². The van der Waals surface area contributed by atoms with E-state index in [2.05, 4.69) is 11.9 Å². The normalized spacial score (nSPS) is 15.2. The minimum Gasteiger partial charge on any atom is -0.282 e. The van der Waals surface area contributed by atoms with Crippen LogP contribution in [0, 0.1) is 11.7 Å². The number of aromatic nitrogens is 2. The average Bonchev–Trinajstić information content (AvgIpc) is 3.36. The van der Waals surface area contributed by atoms with Gasteiger partial charge >= 0.3 is 0 Å². The molecule has 1 aliphatic heterocycles. The van der Waals surface area contributed by atoms with E-state index in [1.165, 1.54) is 33.8 Å². The Balaban J connectivity index is 1.39. The van der Waals surface area contributed by atoms with Crippen LogP contribution in [0.4, 0.5) is 9.52 Å². The number of hydrogen-bond donors (Lipinski definition) is 0. The third kappa shape index (κ3) is 5.14. The van der Waals surface area contributed by atoms with Crippen LogP contribution in [0.1, 0.15) is 31.0 Å². The van der Waals surface area contributed by atoms with Crippen molar-refractivity contribution in [2.45, 2.75) is 37.6 Å². The number of halogens is 1. The summed E-state index contributed by atoms with van der Waals surface area (Å²) in [6.45, 7) is 2.64. The van der Waals surface area contributed by atoms with Gasteiger partial charge in [0.25, 0.3) is 0 Å². The van der Waals surface area contributed by atoms with Crippen LogP contribution in [0.3, 0.4) is 0 Å². The maximum Gasteiger partial charge on any atom is 0.245 e. The minimum atomic E-state index is -3.97. The number of thiazole rings is 1. The quantitative estimate of drug-likeness (QED) is 0.330. The third-order valence-electron chi connectivity index (χ3n) is 6.67. The number of nitrogens with zero attached hydrogens (tertiary/aromatic N) is 4. The first-order valence-electron chi connectivity index (χ1n) is 12.2. The van der Waals surface area contributed by atoms with Crippen LogP contribution in [0.5, 0.6) is 0 Å². The van der Waals surface area contributed by atoms with Gasteiger partial charge < -0.3 is 0 Å². The van der Waals surface area contributed by atoms with Crippen molar-refractivity contribution in [2.75, 3.05) is 18.0 Å². The maximum absolute atomic E-state index is 14.2. The number of benzene rings is 2. The van der Waals surface area contributed by atoms with E-state index in [0.717, 1.165) is 34.0 Å². The van der Waals surface area contributed by atoms with Crippen LogP contribution in [-0.2, 0) is 27.8 Å². The number of carbonyl (C=O) groups is 1. The highest BCUT2D eigenvalue weighted by Crippen LogP contribution is 2.34. The molecule has 37 heavy (non-hydrogen) atoms. The smallest absolute Gasteiger partial charge is 0.245 e. The van der Waals surface area contributed by atoms with E-state index in [4.69, 9.17) is 4.98 Å². The lowest BCUT2D eigenvalue weighted by atomic mass is 9.96. The van der Waals surface area contributed by atoms with Gasteiger partial charge in [0, 0.05) is 25.2 Å². The third-order valence-corrected chi connectivity index (χ3v) is 9.65. The van der Waals surface area contributed by atoms with Gasteiger partial charge in [-0.15, -0.1) is 0 Å². The lowest BCUT2D eigenvalue weighted by Gasteiger charge is -2.33. The number of fused-ring (bicyclic) bond motifs is 1. The van der Waals surface area contributed by atoms with Crippen molar-refractivity contribution in [3.8, 4) is 0 Å². The largest absolute Gasteiger partial charge is 0.282 e. The fourth-order valence-electron chi connectivity index (χ4n) is 4.64. The number of hydrogen-bond acceptors (Lipinski definition) is 6. The van der Waals surface area contributed by atoms with E-state index in [9.17, 15) is 17.6 Å². The highest BCUT2D eigenvalue weighted by molar-refractivity contribution is 7.89. The molecule has 10 heteroatoms. The van der Waals surface area contributed by atoms with E-state index < -0.39 is 15.8 Å². The number of amides is 1. The summed E-state index contributed by atoms with van der Waals surface area (Å²) in [4.78, 5) is 24.4. The summed E-state index contributed by atoms with van der Waals surface area (Å²) in [5, 5.41) is 0.605. The molecule has 1 aliphatic rings. The fraction of sp³-hybridized carbons (Fsp3) is 0.296. The molecule has 7 nitrogen and oxygen atoms in total. The number of carbonyl (C=O) groups excluding carboxylic acids is 1. The Hall–Kier alpha value is -3.21. The molecule has 0 bridgehead atoms. The van der Waals surface area contributed by atoms with Crippen molar-refractivity contribution in [3.63, 3.8) is 0 Å². The van der Waals surface area contributed by atoms with Gasteiger partial charge in [-0.05, 0) is 55.2 Å². The second kappa shape index (κ2) is 10.6. The first kappa shape index (κ1) is 25.4. The summed E-state index contributed by atoms with van der Waals surface area (Å²) >= 11 is 1.47. The summed E-state index contributed by atoms with van der Waals surface area (Å²) in [5.74, 6) is -1.26. The minimum absolute atomic E-state index is 0.106. The number of sulfonamides is 1. The van der Waals surface area contributed by atoms with Crippen molar-refractivity contribution in [3.05, 3.63) is 83.9 Å². The Labute approximate surface area is 219 Å². The molecule has 0 radical (unpaired) electrons. The van der Waals surface area contributed by atoms with Crippen molar-refractivity contribution >= 4 is 42.6 Å². The average molecular weight is 539 g/mol. The summed E-state index contributed by atoms with van der Waals surface area (Å²) in [6.07, 6.45) is 3.22. The molecule has 2 aromatic heterocycles. The van der Waals surface area contributed by atoms with Gasteiger partial charge in [-0.1, -0.05) is 48.6 Å². The maximum atomic E-state index is 14.2. The number of aryl methyl sites for hydroxylation is 1. The van der Waals surface area contributed by atoms with Gasteiger partial charge in [-0.3, -0.25) is 14.7 Å². The van der Waals surface area contributed by atoms with Gasteiger partial charge in [0.05, 0.1) is 22.5 Å². The fourth-order valence-corrected chi connectivity index (χ4v) is 7.20. The highest BCUT2D eigenvalue weighted by atomic mass is 32.2. The zero-order valence-corrected chi connectivity index (χ0v) is 22.0. The summed E-state index contributed by atoms with van der Waals surface area (Å²) in [6, 6.07) is 17.0. The standard InChI is InChI=1S/C27H27FN4O3S2/c1-2-19-8-7-11-23-25(19)30-27(36-23)32(18-21-9-5-6-15-29-21)26(33)20-13-16-31(17-14-20)37(34,35)24-12-4-3-10-22(24)28/h3-12,15,20H,2,13-14,16-18H2,1H3. The SMILES string of the molecule is CCc1cccc2sc(N(Cc3ccccn3)C(=O)C3CCN(S(=O)(=O)c4ccccc4F)CC3)nc12. The van der Waals surface area contributed by atoms with E-state index >= 15 is 0 Å². The predicted octanol–water partition coefficient (Wildman–Crippen LogP) is 5.03. The zero-order valence-electron chi connectivity index (χ0n) is 20.4. The Kier molecular flexibility index (Phi) is 7.32. The molecule has 0 unspecified atom stereocenters. The number of rotatable bonds is 7. The van der Waals surface area contributed by atoms with Crippen molar-refractivity contribution in [1.82, 2.24) is 14.3 Å². The molecule has 1 saturated heterocycles. The van der Waals surface area contributed by atoms with Gasteiger partial charge in [0.2, 0.25) is 15.9 Å². The van der Waals surface area contributed by atoms with Crippen LogP contribution in [-0.4, -0.2) is 41.7 Å². The summed E-state index contributed by atoms with van der Waals surface area (Å²) in [7, 11) is -3.97. The van der Waals surface area contributed by atoms with Gasteiger partial charge in [-0.2, -0.15) is 4.31 Å². The lowest BCUT2D eigenvalue weighted by Crippen LogP contribution is -2.44. The Morgan fingerprint density at radius 1 is 1.08 bits per heavy atom. The highest BCUT2D eigenvalue weighted by Gasteiger charge is 2.36. The first-order valence-corrected chi connectivity index (χ1v) is 14.5. The Morgan fingerprint density at radius 2 is 1.84 bits per heavy atom. The Morgan fingerprint density at radius 3 is 2.54 bits per heavy atom. The Bertz CT molecular complexity index is 1520. The lowest BCUT2D eigenvalue weighted by molar-refractivity contribution is -0.123. The number of para-hydroxylation sites is 1. The number of pyridine rings is 1. The van der Waals surface area contributed by atoms with Crippen LogP contribution in [0.15, 0.2) is 71.8 Å². The second-order valence-electron chi connectivity index (χ2n) is 8.97. The molecule has 192 valence electrons. The van der Waals surface area contributed by atoms with Crippen molar-refractivity contribution in [2.24, 2.45) is 5.92 Å². The molecule has 0 saturated carbocycles. The van der Waals surface area contributed by atoms with Gasteiger partial charge in [0.1, 0.15) is 10.7 Å².